The van der Waals surface area contributed by atoms with E-state index < -0.39 is 0 Å². The first-order valence-electron chi connectivity index (χ1n) is 4.25. The quantitative estimate of drug-likeness (QED) is 0.663. The van der Waals surface area contributed by atoms with Crippen molar-refractivity contribution in [2.45, 2.75) is 20.0 Å². The molecule has 13 heavy (non-hydrogen) atoms. The highest BCUT2D eigenvalue weighted by atomic mass is 16.5. The number of rotatable bonds is 3. The molecule has 0 aliphatic carbocycles. The smallest absolute Gasteiger partial charge is 0.303 e. The highest BCUT2D eigenvalue weighted by Gasteiger charge is 2.11. The lowest BCUT2D eigenvalue weighted by Gasteiger charge is -2.14. The summed E-state index contributed by atoms with van der Waals surface area (Å²) in [6.07, 6.45) is 1.63. The first-order chi connectivity index (χ1) is 6.24. The molecule has 0 saturated carbocycles. The van der Waals surface area contributed by atoms with E-state index in [4.69, 9.17) is 4.74 Å². The largest absolute Gasteiger partial charge is 0.457 e. The van der Waals surface area contributed by atoms with Crippen LogP contribution in [0.2, 0.25) is 0 Å². The van der Waals surface area contributed by atoms with Crippen molar-refractivity contribution in [2.24, 2.45) is 0 Å². The number of ether oxygens (including phenoxy) is 1. The summed E-state index contributed by atoms with van der Waals surface area (Å²) in [5.74, 6) is -0.257. The standard InChI is InChI=1S/C11H13O2/c1-3-11(13-9(2)12)10-7-5-4-6-8-10/h3-8,11H,1-2H3. The topological polar surface area (TPSA) is 26.3 Å². The molecule has 1 unspecified atom stereocenters. The number of carbonyl (C=O) groups excluding carboxylic acids is 1. The Morgan fingerprint density at radius 1 is 1.38 bits per heavy atom. The lowest BCUT2D eigenvalue weighted by molar-refractivity contribution is -0.145. The molecule has 0 heterocycles. The van der Waals surface area contributed by atoms with Crippen molar-refractivity contribution in [3.63, 3.8) is 0 Å². The molecule has 0 aliphatic heterocycles. The van der Waals surface area contributed by atoms with Crippen LogP contribution in [-0.4, -0.2) is 5.97 Å². The summed E-state index contributed by atoms with van der Waals surface area (Å²) in [6, 6.07) is 9.66. The average molecular weight is 177 g/mol. The average Bonchev–Trinajstić information content (AvgIpc) is 2.15. The molecule has 0 saturated heterocycles. The lowest BCUT2D eigenvalue weighted by Crippen LogP contribution is -2.07. The third-order valence-corrected chi connectivity index (χ3v) is 1.72. The molecule has 0 bridgehead atoms. The summed E-state index contributed by atoms with van der Waals surface area (Å²) in [6.45, 7) is 3.29. The Labute approximate surface area is 78.5 Å². The predicted molar refractivity (Wildman–Crippen MR) is 50.9 cm³/mol. The minimum absolute atomic E-state index is 0.223. The van der Waals surface area contributed by atoms with Crippen LogP contribution in [0.25, 0.3) is 0 Å². The van der Waals surface area contributed by atoms with E-state index in [2.05, 4.69) is 0 Å². The summed E-state index contributed by atoms with van der Waals surface area (Å²) in [7, 11) is 0. The minimum Gasteiger partial charge on any atom is -0.457 e. The van der Waals surface area contributed by atoms with Gasteiger partial charge in [-0.05, 0) is 5.56 Å². The van der Waals surface area contributed by atoms with Crippen molar-refractivity contribution in [2.75, 3.05) is 0 Å². The van der Waals surface area contributed by atoms with Crippen molar-refractivity contribution in [3.05, 3.63) is 42.3 Å². The second-order valence-electron chi connectivity index (χ2n) is 2.77. The van der Waals surface area contributed by atoms with Gasteiger partial charge in [0.2, 0.25) is 0 Å². The Morgan fingerprint density at radius 3 is 2.46 bits per heavy atom. The first kappa shape index (κ1) is 9.78. The molecule has 1 radical (unpaired) electrons. The molecule has 1 atom stereocenters. The van der Waals surface area contributed by atoms with Gasteiger partial charge in [0.15, 0.2) is 0 Å². The second-order valence-corrected chi connectivity index (χ2v) is 2.77. The Balaban J connectivity index is 2.73. The van der Waals surface area contributed by atoms with Crippen LogP contribution >= 0.6 is 0 Å². The van der Waals surface area contributed by atoms with Crippen molar-refractivity contribution >= 4 is 5.97 Å². The normalized spacial score (nSPS) is 12.2. The van der Waals surface area contributed by atoms with Crippen LogP contribution in [0.5, 0.6) is 0 Å². The van der Waals surface area contributed by atoms with Gasteiger partial charge in [-0.2, -0.15) is 0 Å². The fourth-order valence-corrected chi connectivity index (χ4v) is 1.15. The summed E-state index contributed by atoms with van der Waals surface area (Å²) in [4.78, 5) is 10.7. The van der Waals surface area contributed by atoms with Gasteiger partial charge in [0.1, 0.15) is 6.10 Å². The first-order valence-corrected chi connectivity index (χ1v) is 4.25. The summed E-state index contributed by atoms with van der Waals surface area (Å²) < 4.78 is 5.09. The maximum atomic E-state index is 10.7. The van der Waals surface area contributed by atoms with Gasteiger partial charge in [-0.3, -0.25) is 4.79 Å². The fourth-order valence-electron chi connectivity index (χ4n) is 1.15. The number of benzene rings is 1. The molecule has 0 fully saturated rings. The molecular weight excluding hydrogens is 164 g/mol. The van der Waals surface area contributed by atoms with E-state index in [-0.39, 0.29) is 12.1 Å². The minimum atomic E-state index is -0.257. The molecule has 0 spiro atoms. The van der Waals surface area contributed by atoms with Crippen LogP contribution in [0.15, 0.2) is 30.3 Å². The summed E-state index contributed by atoms with van der Waals surface area (Å²) in [5.41, 5.74) is 1.00. The van der Waals surface area contributed by atoms with Gasteiger partial charge < -0.3 is 4.74 Å². The third-order valence-electron chi connectivity index (χ3n) is 1.72. The Bertz CT molecular complexity index is 267. The Morgan fingerprint density at radius 2 is 2.00 bits per heavy atom. The maximum absolute atomic E-state index is 10.7. The number of carbonyl (C=O) groups is 1. The van der Waals surface area contributed by atoms with Gasteiger partial charge in [-0.1, -0.05) is 37.3 Å². The van der Waals surface area contributed by atoms with Crippen molar-refractivity contribution in [1.29, 1.82) is 0 Å². The zero-order valence-corrected chi connectivity index (χ0v) is 7.86. The monoisotopic (exact) mass is 177 g/mol. The van der Waals surface area contributed by atoms with Crippen LogP contribution < -0.4 is 0 Å². The zero-order valence-electron chi connectivity index (χ0n) is 7.86. The zero-order chi connectivity index (χ0) is 9.68. The third kappa shape index (κ3) is 2.90. The molecule has 2 heteroatoms. The van der Waals surface area contributed by atoms with Crippen LogP contribution in [0.4, 0.5) is 0 Å². The highest BCUT2D eigenvalue weighted by molar-refractivity contribution is 5.66. The van der Waals surface area contributed by atoms with Gasteiger partial charge >= 0.3 is 5.97 Å². The van der Waals surface area contributed by atoms with Crippen molar-refractivity contribution < 1.29 is 9.53 Å². The number of esters is 1. The van der Waals surface area contributed by atoms with Gasteiger partial charge in [-0.15, -0.1) is 0 Å². The molecule has 1 rings (SSSR count). The number of hydrogen-bond donors (Lipinski definition) is 0. The van der Waals surface area contributed by atoms with Crippen LogP contribution in [0, 0.1) is 6.42 Å². The summed E-state index contributed by atoms with van der Waals surface area (Å²) >= 11 is 0. The van der Waals surface area contributed by atoms with Gasteiger partial charge in [-0.25, -0.2) is 0 Å². The van der Waals surface area contributed by atoms with Crippen molar-refractivity contribution in [1.82, 2.24) is 0 Å². The molecule has 69 valence electrons. The molecule has 0 aromatic heterocycles. The number of hydrogen-bond acceptors (Lipinski definition) is 2. The van der Waals surface area contributed by atoms with E-state index in [1.165, 1.54) is 6.92 Å². The second kappa shape index (κ2) is 4.65. The summed E-state index contributed by atoms with van der Waals surface area (Å²) in [5, 5.41) is 0. The predicted octanol–water partition coefficient (Wildman–Crippen LogP) is 2.51. The van der Waals surface area contributed by atoms with E-state index >= 15 is 0 Å². The molecule has 0 aliphatic rings. The van der Waals surface area contributed by atoms with Crippen LogP contribution in [-0.2, 0) is 9.53 Å². The Kier molecular flexibility index (Phi) is 3.50. The van der Waals surface area contributed by atoms with Gasteiger partial charge in [0, 0.05) is 13.3 Å². The van der Waals surface area contributed by atoms with E-state index in [1.54, 1.807) is 0 Å². The Hall–Kier alpha value is -1.31. The van der Waals surface area contributed by atoms with E-state index in [9.17, 15) is 4.79 Å². The molecule has 0 amide bonds. The molecular formula is C11H13O2. The highest BCUT2D eigenvalue weighted by Crippen LogP contribution is 2.19. The molecule has 2 nitrogen and oxygen atoms in total. The van der Waals surface area contributed by atoms with E-state index in [0.29, 0.717) is 0 Å². The molecule has 1 aromatic rings. The molecule has 0 N–H and O–H groups in total. The van der Waals surface area contributed by atoms with E-state index in [1.807, 2.05) is 43.7 Å². The van der Waals surface area contributed by atoms with Crippen LogP contribution in [0.3, 0.4) is 0 Å². The van der Waals surface area contributed by atoms with Gasteiger partial charge in [0.25, 0.3) is 0 Å². The van der Waals surface area contributed by atoms with Gasteiger partial charge in [0.05, 0.1) is 0 Å². The maximum Gasteiger partial charge on any atom is 0.303 e. The van der Waals surface area contributed by atoms with Crippen molar-refractivity contribution in [3.8, 4) is 0 Å². The fraction of sp³-hybridized carbons (Fsp3) is 0.273. The SMILES string of the molecule is C[CH]C(OC(C)=O)c1ccccc1. The van der Waals surface area contributed by atoms with Crippen LogP contribution in [0.1, 0.15) is 25.5 Å². The molecule has 1 aromatic carbocycles. The lowest BCUT2D eigenvalue weighted by atomic mass is 10.1. The van der Waals surface area contributed by atoms with E-state index in [0.717, 1.165) is 5.56 Å².